The van der Waals surface area contributed by atoms with E-state index >= 15 is 0 Å². The summed E-state index contributed by atoms with van der Waals surface area (Å²) in [5, 5.41) is 10.5. The molecule has 0 radical (unpaired) electrons. The molecular formula is C23H22N2O4. The summed E-state index contributed by atoms with van der Waals surface area (Å²) in [6.45, 7) is 5.27. The molecule has 2 aromatic carbocycles. The number of anilines is 2. The van der Waals surface area contributed by atoms with E-state index in [9.17, 15) is 14.7 Å². The molecule has 6 heteroatoms. The summed E-state index contributed by atoms with van der Waals surface area (Å²) >= 11 is 0. The number of nitrogens with zero attached hydrogens (tertiary/aromatic N) is 2. The van der Waals surface area contributed by atoms with Crippen molar-refractivity contribution in [2.24, 2.45) is 0 Å². The van der Waals surface area contributed by atoms with Crippen LogP contribution in [0.15, 0.2) is 73.1 Å². The number of pyridine rings is 1. The summed E-state index contributed by atoms with van der Waals surface area (Å²) in [5.74, 6) is -0.625. The molecule has 0 saturated carbocycles. The molecule has 148 valence electrons. The Morgan fingerprint density at radius 3 is 2.21 bits per heavy atom. The molecule has 0 aliphatic rings. The van der Waals surface area contributed by atoms with Crippen LogP contribution < -0.4 is 4.90 Å². The van der Waals surface area contributed by atoms with E-state index < -0.39 is 17.5 Å². The molecule has 1 N–H and O–H groups in total. The molecule has 1 heterocycles. The molecule has 1 amide bonds. The number of hydrogen-bond acceptors (Lipinski definition) is 5. The Hall–Kier alpha value is -3.67. The quantitative estimate of drug-likeness (QED) is 0.628. The molecule has 0 bridgehead atoms. The predicted molar refractivity (Wildman–Crippen MR) is 111 cm³/mol. The van der Waals surface area contributed by atoms with Crippen molar-refractivity contribution in [2.75, 3.05) is 4.90 Å². The first-order valence-electron chi connectivity index (χ1n) is 9.13. The van der Waals surface area contributed by atoms with Gasteiger partial charge in [0.1, 0.15) is 11.4 Å². The Labute approximate surface area is 169 Å². The fourth-order valence-corrected chi connectivity index (χ4v) is 2.82. The maximum absolute atomic E-state index is 13.2. The fourth-order valence-electron chi connectivity index (χ4n) is 2.82. The van der Waals surface area contributed by atoms with Crippen molar-refractivity contribution < 1.29 is 19.4 Å². The van der Waals surface area contributed by atoms with Gasteiger partial charge in [0.2, 0.25) is 0 Å². The monoisotopic (exact) mass is 390 g/mol. The molecule has 0 fully saturated rings. The third kappa shape index (κ3) is 4.60. The number of ketones is 1. The number of amides is 1. The normalized spacial score (nSPS) is 11.0. The Morgan fingerprint density at radius 1 is 0.931 bits per heavy atom. The first-order chi connectivity index (χ1) is 13.8. The minimum atomic E-state index is -0.747. The van der Waals surface area contributed by atoms with Crippen LogP contribution in [0.3, 0.4) is 0 Å². The average molecular weight is 390 g/mol. The van der Waals surface area contributed by atoms with E-state index in [0.717, 1.165) is 0 Å². The number of aromatic hydroxyl groups is 1. The van der Waals surface area contributed by atoms with Gasteiger partial charge in [-0.2, -0.15) is 0 Å². The van der Waals surface area contributed by atoms with Gasteiger partial charge in [0.25, 0.3) is 0 Å². The molecule has 0 aliphatic carbocycles. The highest BCUT2D eigenvalue weighted by Gasteiger charge is 2.30. The smallest absolute Gasteiger partial charge is 0.419 e. The maximum atomic E-state index is 13.2. The van der Waals surface area contributed by atoms with Crippen LogP contribution in [0.25, 0.3) is 0 Å². The van der Waals surface area contributed by atoms with Crippen molar-refractivity contribution in [3.05, 3.63) is 84.2 Å². The van der Waals surface area contributed by atoms with Crippen molar-refractivity contribution >= 4 is 23.3 Å². The standard InChI is InChI=1S/C23H22N2O4/c1-23(2,3)29-22(28)25(17-12-14-24-15-13-17)18-10-7-11-19(26)20(18)21(27)16-8-5-4-6-9-16/h4-15,26H,1-3H3. The fraction of sp³-hybridized carbons (Fsp3) is 0.174. The molecular weight excluding hydrogens is 368 g/mol. The van der Waals surface area contributed by atoms with Crippen LogP contribution in [0.5, 0.6) is 5.75 Å². The van der Waals surface area contributed by atoms with Gasteiger partial charge in [-0.05, 0) is 45.0 Å². The first-order valence-corrected chi connectivity index (χ1v) is 9.13. The van der Waals surface area contributed by atoms with Gasteiger partial charge in [-0.25, -0.2) is 9.69 Å². The number of carbonyl (C=O) groups is 2. The number of benzene rings is 2. The lowest BCUT2D eigenvalue weighted by molar-refractivity contribution is 0.0599. The number of phenolic OH excluding ortho intramolecular Hbond substituents is 1. The Kier molecular flexibility index (Phi) is 5.64. The van der Waals surface area contributed by atoms with Gasteiger partial charge in [0.15, 0.2) is 5.78 Å². The number of phenols is 1. The van der Waals surface area contributed by atoms with Crippen LogP contribution in [0.1, 0.15) is 36.7 Å². The summed E-state index contributed by atoms with van der Waals surface area (Å²) in [4.78, 5) is 31.5. The van der Waals surface area contributed by atoms with E-state index in [1.807, 2.05) is 0 Å². The SMILES string of the molecule is CC(C)(C)OC(=O)N(c1ccncc1)c1cccc(O)c1C(=O)c1ccccc1. The summed E-state index contributed by atoms with van der Waals surface area (Å²) in [5.41, 5.74) is 0.347. The number of carbonyl (C=O) groups excluding carboxylic acids is 2. The van der Waals surface area contributed by atoms with Gasteiger partial charge in [0.05, 0.1) is 16.9 Å². The second-order valence-corrected chi connectivity index (χ2v) is 7.39. The van der Waals surface area contributed by atoms with Crippen molar-refractivity contribution in [1.82, 2.24) is 4.98 Å². The van der Waals surface area contributed by atoms with E-state index in [0.29, 0.717) is 11.3 Å². The van der Waals surface area contributed by atoms with Gasteiger partial charge in [0, 0.05) is 18.0 Å². The number of hydrogen-bond donors (Lipinski definition) is 1. The van der Waals surface area contributed by atoms with E-state index in [4.69, 9.17) is 4.74 Å². The molecule has 0 spiro atoms. The minimum absolute atomic E-state index is 0.0152. The van der Waals surface area contributed by atoms with Gasteiger partial charge in [-0.3, -0.25) is 9.78 Å². The van der Waals surface area contributed by atoms with E-state index in [1.54, 1.807) is 75.4 Å². The lowest BCUT2D eigenvalue weighted by Gasteiger charge is -2.28. The lowest BCUT2D eigenvalue weighted by Crippen LogP contribution is -2.34. The first kappa shape index (κ1) is 20.1. The summed E-state index contributed by atoms with van der Waals surface area (Å²) in [6, 6.07) is 16.4. The average Bonchev–Trinajstić information content (AvgIpc) is 2.68. The van der Waals surface area contributed by atoms with Crippen LogP contribution in [0.2, 0.25) is 0 Å². The van der Waals surface area contributed by atoms with Gasteiger partial charge in [-0.15, -0.1) is 0 Å². The predicted octanol–water partition coefficient (Wildman–Crippen LogP) is 5.09. The lowest BCUT2D eigenvalue weighted by atomic mass is 9.99. The van der Waals surface area contributed by atoms with Crippen LogP contribution in [0, 0.1) is 0 Å². The highest BCUT2D eigenvalue weighted by atomic mass is 16.6. The van der Waals surface area contributed by atoms with Crippen molar-refractivity contribution in [2.45, 2.75) is 26.4 Å². The second kappa shape index (κ2) is 8.14. The van der Waals surface area contributed by atoms with Crippen molar-refractivity contribution in [3.63, 3.8) is 0 Å². The Balaban J connectivity index is 2.18. The van der Waals surface area contributed by atoms with E-state index in [1.165, 1.54) is 23.4 Å². The number of aromatic nitrogens is 1. The molecule has 3 aromatic rings. The summed E-state index contributed by atoms with van der Waals surface area (Å²) < 4.78 is 5.56. The van der Waals surface area contributed by atoms with Crippen LogP contribution >= 0.6 is 0 Å². The van der Waals surface area contributed by atoms with Crippen molar-refractivity contribution in [3.8, 4) is 5.75 Å². The van der Waals surface area contributed by atoms with Crippen LogP contribution in [-0.4, -0.2) is 27.6 Å². The molecule has 3 rings (SSSR count). The topological polar surface area (TPSA) is 79.7 Å². The van der Waals surface area contributed by atoms with Crippen molar-refractivity contribution in [1.29, 1.82) is 0 Å². The van der Waals surface area contributed by atoms with E-state index in [-0.39, 0.29) is 17.0 Å². The second-order valence-electron chi connectivity index (χ2n) is 7.39. The van der Waals surface area contributed by atoms with Crippen LogP contribution in [0.4, 0.5) is 16.2 Å². The Bertz CT molecular complexity index is 1010. The third-order valence-corrected chi connectivity index (χ3v) is 4.02. The Morgan fingerprint density at radius 2 is 1.59 bits per heavy atom. The minimum Gasteiger partial charge on any atom is -0.507 e. The molecule has 0 saturated heterocycles. The zero-order valence-electron chi connectivity index (χ0n) is 16.5. The summed E-state index contributed by atoms with van der Waals surface area (Å²) in [7, 11) is 0. The zero-order chi connectivity index (χ0) is 21.0. The molecule has 29 heavy (non-hydrogen) atoms. The van der Waals surface area contributed by atoms with E-state index in [2.05, 4.69) is 4.98 Å². The molecule has 0 aliphatic heterocycles. The van der Waals surface area contributed by atoms with Crippen LogP contribution in [-0.2, 0) is 4.74 Å². The van der Waals surface area contributed by atoms with Gasteiger partial charge >= 0.3 is 6.09 Å². The number of ether oxygens (including phenoxy) is 1. The number of rotatable bonds is 4. The molecule has 0 atom stereocenters. The molecule has 0 unspecified atom stereocenters. The third-order valence-electron chi connectivity index (χ3n) is 4.02. The zero-order valence-corrected chi connectivity index (χ0v) is 16.5. The van der Waals surface area contributed by atoms with Gasteiger partial charge in [-0.1, -0.05) is 36.4 Å². The highest BCUT2D eigenvalue weighted by Crippen LogP contribution is 2.36. The molecule has 1 aromatic heterocycles. The van der Waals surface area contributed by atoms with Gasteiger partial charge < -0.3 is 9.84 Å². The maximum Gasteiger partial charge on any atom is 0.419 e. The summed E-state index contributed by atoms with van der Waals surface area (Å²) in [6.07, 6.45) is 2.40. The largest absolute Gasteiger partial charge is 0.507 e. The highest BCUT2D eigenvalue weighted by molar-refractivity contribution is 6.16. The molecule has 6 nitrogen and oxygen atoms in total.